The fourth-order valence-corrected chi connectivity index (χ4v) is 2.80. The van der Waals surface area contributed by atoms with E-state index in [-0.39, 0.29) is 0 Å². The highest BCUT2D eigenvalue weighted by atomic mass is 32.1. The quantitative estimate of drug-likeness (QED) is 0.809. The van der Waals surface area contributed by atoms with Gasteiger partial charge in [0.1, 0.15) is 0 Å². The van der Waals surface area contributed by atoms with E-state index in [4.69, 9.17) is 5.73 Å². The summed E-state index contributed by atoms with van der Waals surface area (Å²) in [7, 11) is 0. The van der Waals surface area contributed by atoms with Crippen LogP contribution in [0.4, 0.5) is 11.4 Å². The Morgan fingerprint density at radius 1 is 1.18 bits per heavy atom. The fourth-order valence-electron chi connectivity index (χ4n) is 1.89. The molecule has 0 unspecified atom stereocenters. The van der Waals surface area contributed by atoms with Gasteiger partial charge in [-0.3, -0.25) is 0 Å². The Balaban J connectivity index is 1.97. The van der Waals surface area contributed by atoms with Crippen molar-refractivity contribution in [3.05, 3.63) is 45.6 Å². The summed E-state index contributed by atoms with van der Waals surface area (Å²) in [4.78, 5) is 1.45. The van der Waals surface area contributed by atoms with Gasteiger partial charge in [0.2, 0.25) is 0 Å². The van der Waals surface area contributed by atoms with Crippen LogP contribution >= 0.6 is 11.3 Å². The number of rotatable bonds is 4. The Kier molecular flexibility index (Phi) is 3.69. The molecule has 2 rings (SSSR count). The van der Waals surface area contributed by atoms with E-state index in [9.17, 15) is 0 Å². The van der Waals surface area contributed by atoms with Crippen LogP contribution in [0, 0.1) is 13.8 Å². The monoisotopic (exact) mass is 246 g/mol. The van der Waals surface area contributed by atoms with Crippen molar-refractivity contribution >= 4 is 22.7 Å². The Morgan fingerprint density at radius 3 is 2.65 bits per heavy atom. The third-order valence-corrected chi connectivity index (χ3v) is 4.01. The molecule has 0 aliphatic rings. The van der Waals surface area contributed by atoms with Crippen molar-refractivity contribution in [3.8, 4) is 0 Å². The lowest BCUT2D eigenvalue weighted by Crippen LogP contribution is -2.08. The van der Waals surface area contributed by atoms with Crippen LogP contribution in [0.3, 0.4) is 0 Å². The molecule has 2 nitrogen and oxygen atoms in total. The lowest BCUT2D eigenvalue weighted by molar-refractivity contribution is 1.03. The van der Waals surface area contributed by atoms with Gasteiger partial charge in [0, 0.05) is 11.4 Å². The molecule has 0 saturated heterocycles. The second-order valence-electron chi connectivity index (χ2n) is 4.24. The number of aryl methyl sites for hydroxylation is 2. The Hall–Kier alpha value is -1.48. The highest BCUT2D eigenvalue weighted by Gasteiger charge is 2.03. The van der Waals surface area contributed by atoms with Crippen molar-refractivity contribution in [1.29, 1.82) is 0 Å². The van der Waals surface area contributed by atoms with E-state index in [0.29, 0.717) is 0 Å². The predicted molar refractivity (Wildman–Crippen MR) is 76.8 cm³/mol. The van der Waals surface area contributed by atoms with Gasteiger partial charge in [-0.1, -0.05) is 12.1 Å². The molecule has 0 aliphatic carbocycles. The molecule has 1 aromatic heterocycles. The zero-order valence-electron chi connectivity index (χ0n) is 10.3. The molecule has 0 atom stereocenters. The predicted octanol–water partition coefficient (Wildman–Crippen LogP) is 3.60. The van der Waals surface area contributed by atoms with Gasteiger partial charge in [0.05, 0.1) is 11.4 Å². The summed E-state index contributed by atoms with van der Waals surface area (Å²) in [5.41, 5.74) is 10.4. The molecule has 0 saturated carbocycles. The minimum Gasteiger partial charge on any atom is -0.397 e. The maximum atomic E-state index is 5.95. The maximum absolute atomic E-state index is 5.95. The largest absolute Gasteiger partial charge is 0.397 e. The number of anilines is 2. The van der Waals surface area contributed by atoms with Crippen LogP contribution in [0.2, 0.25) is 0 Å². The van der Waals surface area contributed by atoms with Crippen molar-refractivity contribution < 1.29 is 0 Å². The van der Waals surface area contributed by atoms with E-state index in [0.717, 1.165) is 24.3 Å². The van der Waals surface area contributed by atoms with Gasteiger partial charge in [-0.25, -0.2) is 0 Å². The summed E-state index contributed by atoms with van der Waals surface area (Å²) in [6.07, 6.45) is 1.05. The van der Waals surface area contributed by atoms with Gasteiger partial charge in [-0.05, 0) is 48.9 Å². The molecule has 0 radical (unpaired) electrons. The molecule has 0 bridgehead atoms. The van der Waals surface area contributed by atoms with E-state index in [1.54, 1.807) is 0 Å². The maximum Gasteiger partial charge on any atom is 0.0603 e. The number of nitrogens with two attached hydrogens (primary N) is 1. The first kappa shape index (κ1) is 12.0. The SMILES string of the molecule is Cc1ccsc1CCNc1c(C)cccc1N. The number of para-hydroxylation sites is 1. The zero-order valence-corrected chi connectivity index (χ0v) is 11.1. The highest BCUT2D eigenvalue weighted by molar-refractivity contribution is 7.10. The Bertz CT molecular complexity index is 482. The van der Waals surface area contributed by atoms with E-state index >= 15 is 0 Å². The molecule has 0 amide bonds. The van der Waals surface area contributed by atoms with Crippen LogP contribution < -0.4 is 11.1 Å². The van der Waals surface area contributed by atoms with Crippen LogP contribution in [0.5, 0.6) is 0 Å². The molecule has 2 aromatic rings. The molecule has 0 aliphatic heterocycles. The minimum absolute atomic E-state index is 0.827. The summed E-state index contributed by atoms with van der Waals surface area (Å²) in [6.45, 7) is 5.17. The van der Waals surface area contributed by atoms with Gasteiger partial charge >= 0.3 is 0 Å². The smallest absolute Gasteiger partial charge is 0.0603 e. The molecular formula is C14H18N2S. The average Bonchev–Trinajstić information content (AvgIpc) is 2.69. The molecule has 0 spiro atoms. The summed E-state index contributed by atoms with van der Waals surface area (Å²) in [5.74, 6) is 0. The summed E-state index contributed by atoms with van der Waals surface area (Å²) in [5, 5.41) is 5.57. The van der Waals surface area contributed by atoms with Gasteiger partial charge in [-0.15, -0.1) is 11.3 Å². The molecule has 0 fully saturated rings. The summed E-state index contributed by atoms with van der Waals surface area (Å²) >= 11 is 1.82. The van der Waals surface area contributed by atoms with Crippen molar-refractivity contribution in [3.63, 3.8) is 0 Å². The minimum atomic E-state index is 0.827. The fraction of sp³-hybridized carbons (Fsp3) is 0.286. The van der Waals surface area contributed by atoms with Gasteiger partial charge < -0.3 is 11.1 Å². The lowest BCUT2D eigenvalue weighted by atomic mass is 10.1. The van der Waals surface area contributed by atoms with E-state index in [1.165, 1.54) is 16.0 Å². The van der Waals surface area contributed by atoms with Gasteiger partial charge in [0.15, 0.2) is 0 Å². The van der Waals surface area contributed by atoms with Crippen LogP contribution in [-0.2, 0) is 6.42 Å². The first-order chi connectivity index (χ1) is 8.18. The van der Waals surface area contributed by atoms with Crippen molar-refractivity contribution in [2.45, 2.75) is 20.3 Å². The van der Waals surface area contributed by atoms with Crippen LogP contribution in [0.1, 0.15) is 16.0 Å². The number of thiophene rings is 1. The number of hydrogen-bond acceptors (Lipinski definition) is 3. The first-order valence-corrected chi connectivity index (χ1v) is 6.68. The second-order valence-corrected chi connectivity index (χ2v) is 5.24. The molecular weight excluding hydrogens is 228 g/mol. The Morgan fingerprint density at radius 2 is 2.00 bits per heavy atom. The molecule has 90 valence electrons. The van der Waals surface area contributed by atoms with Crippen molar-refractivity contribution in [2.75, 3.05) is 17.6 Å². The van der Waals surface area contributed by atoms with Crippen LogP contribution in [0.15, 0.2) is 29.6 Å². The lowest BCUT2D eigenvalue weighted by Gasteiger charge is -2.11. The van der Waals surface area contributed by atoms with E-state index in [2.05, 4.69) is 36.7 Å². The van der Waals surface area contributed by atoms with Gasteiger partial charge in [-0.2, -0.15) is 0 Å². The summed E-state index contributed by atoms with van der Waals surface area (Å²) in [6, 6.07) is 8.17. The average molecular weight is 246 g/mol. The standard InChI is InChI=1S/C14H18N2S/c1-10-7-9-17-13(10)6-8-16-14-11(2)4-3-5-12(14)15/h3-5,7,9,16H,6,8,15H2,1-2H3. The Labute approximate surface area is 106 Å². The van der Waals surface area contributed by atoms with Crippen molar-refractivity contribution in [2.24, 2.45) is 0 Å². The number of nitrogen functional groups attached to an aromatic ring is 1. The summed E-state index contributed by atoms with van der Waals surface area (Å²) < 4.78 is 0. The van der Waals surface area contributed by atoms with Crippen LogP contribution in [0.25, 0.3) is 0 Å². The third kappa shape index (κ3) is 2.80. The first-order valence-electron chi connectivity index (χ1n) is 5.80. The second kappa shape index (κ2) is 5.23. The number of benzene rings is 1. The number of nitrogens with one attached hydrogen (secondary N) is 1. The molecule has 3 heteroatoms. The van der Waals surface area contributed by atoms with E-state index in [1.807, 2.05) is 23.5 Å². The highest BCUT2D eigenvalue weighted by Crippen LogP contribution is 2.23. The van der Waals surface area contributed by atoms with Gasteiger partial charge in [0.25, 0.3) is 0 Å². The number of hydrogen-bond donors (Lipinski definition) is 2. The zero-order chi connectivity index (χ0) is 12.3. The third-order valence-electron chi connectivity index (χ3n) is 2.93. The van der Waals surface area contributed by atoms with Crippen LogP contribution in [-0.4, -0.2) is 6.54 Å². The normalized spacial score (nSPS) is 10.5. The topological polar surface area (TPSA) is 38.0 Å². The van der Waals surface area contributed by atoms with Crippen molar-refractivity contribution in [1.82, 2.24) is 0 Å². The molecule has 17 heavy (non-hydrogen) atoms. The van der Waals surface area contributed by atoms with E-state index < -0.39 is 0 Å². The molecule has 1 aromatic carbocycles. The molecule has 3 N–H and O–H groups in total. The molecule has 1 heterocycles.